The number of carbonyl (C=O) groups is 1. The second-order valence-electron chi connectivity index (χ2n) is 7.72. The maximum Gasteiger partial charge on any atom is 2.00 e. The Balaban J connectivity index is 0.00000324. The van der Waals surface area contributed by atoms with Crippen LogP contribution in [0.2, 0.25) is 0 Å². The summed E-state index contributed by atoms with van der Waals surface area (Å²) in [4.78, 5) is 27.3. The number of carbonyl (C=O) groups excluding carboxylic acids is 1. The van der Waals surface area contributed by atoms with Crippen molar-refractivity contribution in [3.63, 3.8) is 0 Å². The molecule has 0 aliphatic carbocycles. The van der Waals surface area contributed by atoms with E-state index in [1.165, 1.54) is 11.0 Å². The van der Waals surface area contributed by atoms with Gasteiger partial charge in [0.1, 0.15) is 24.1 Å². The number of halogens is 3. The molecule has 0 bridgehead atoms. The number of nitrogens with zero attached hydrogens (tertiary/aromatic N) is 4. The van der Waals surface area contributed by atoms with Gasteiger partial charge in [-0.2, -0.15) is 43.9 Å². The third-order valence-corrected chi connectivity index (χ3v) is 5.33. The van der Waals surface area contributed by atoms with Gasteiger partial charge in [0.25, 0.3) is 5.91 Å². The van der Waals surface area contributed by atoms with Crippen LogP contribution in [0.4, 0.5) is 24.8 Å². The third-order valence-electron chi connectivity index (χ3n) is 5.33. The molecule has 1 aliphatic rings. The summed E-state index contributed by atoms with van der Waals surface area (Å²) in [5, 5.41) is 3.72. The first-order chi connectivity index (χ1) is 15.8. The number of benzene rings is 1. The van der Waals surface area contributed by atoms with E-state index in [1.54, 1.807) is 18.3 Å². The minimum absolute atomic E-state index is 0. The zero-order valence-electron chi connectivity index (χ0n) is 18.4. The largest absolute Gasteiger partial charge is 2.00 e. The van der Waals surface area contributed by atoms with Gasteiger partial charge in [-0.3, -0.25) is 9.69 Å². The summed E-state index contributed by atoms with van der Waals surface area (Å²) < 4.78 is 44.3. The van der Waals surface area contributed by atoms with Crippen molar-refractivity contribution in [3.05, 3.63) is 60.4 Å². The molecule has 0 spiro atoms. The van der Waals surface area contributed by atoms with Crippen molar-refractivity contribution < 1.29 is 53.8 Å². The van der Waals surface area contributed by atoms with Crippen molar-refractivity contribution in [3.8, 4) is 0 Å². The van der Waals surface area contributed by atoms with Gasteiger partial charge in [0, 0.05) is 11.9 Å². The maximum atomic E-state index is 13.0. The summed E-state index contributed by atoms with van der Waals surface area (Å²) in [5.74, 6) is 1.18. The van der Waals surface area contributed by atoms with Crippen molar-refractivity contribution in [1.82, 2.24) is 15.0 Å². The molecule has 4 rings (SSSR count). The van der Waals surface area contributed by atoms with Crippen molar-refractivity contribution >= 4 is 28.4 Å². The van der Waals surface area contributed by atoms with Gasteiger partial charge in [0.15, 0.2) is 0 Å². The minimum Gasteiger partial charge on any atom is -0.370 e. The fourth-order valence-corrected chi connectivity index (χ4v) is 3.40. The number of amides is 1. The van der Waals surface area contributed by atoms with Crippen LogP contribution in [0.5, 0.6) is 0 Å². The molecular formula is C23H22F3N5O2U. The van der Waals surface area contributed by atoms with E-state index in [9.17, 15) is 18.0 Å². The van der Waals surface area contributed by atoms with Crippen LogP contribution in [0.1, 0.15) is 36.2 Å². The molecule has 1 amide bonds. The standard InChI is InChI=1S/C23H22F3N5O2.U/c1-3-14(2)21-29-18-12-27-19(31-7-8-33-13-20(31)32)10-17(18)22(30-21)28-11-15-5-4-6-16(9-15)23(24,25)26;/h4-6,10,12,14H,1,3,7-8,11,13H2,2H3,(H,28,29,30);/q-2;+2. The molecule has 3 aromatic rings. The van der Waals surface area contributed by atoms with Crippen LogP contribution in [0.25, 0.3) is 10.9 Å². The first-order valence-corrected chi connectivity index (χ1v) is 10.4. The van der Waals surface area contributed by atoms with Gasteiger partial charge in [-0.1, -0.05) is 12.5 Å². The summed E-state index contributed by atoms with van der Waals surface area (Å²) >= 11 is 0. The molecule has 3 heterocycles. The van der Waals surface area contributed by atoms with E-state index in [4.69, 9.17) is 4.74 Å². The topological polar surface area (TPSA) is 80.2 Å². The van der Waals surface area contributed by atoms with E-state index in [-0.39, 0.29) is 56.1 Å². The monoisotopic (exact) mass is 695 g/mol. The summed E-state index contributed by atoms with van der Waals surface area (Å²) in [6.07, 6.45) is -2.34. The number of aromatic nitrogens is 3. The van der Waals surface area contributed by atoms with Crippen LogP contribution in [-0.4, -0.2) is 40.6 Å². The van der Waals surface area contributed by atoms with Crippen LogP contribution in [0.3, 0.4) is 0 Å². The zero-order valence-corrected chi connectivity index (χ0v) is 22.6. The molecule has 2 aromatic heterocycles. The van der Waals surface area contributed by atoms with Gasteiger partial charge in [-0.15, -0.1) is 5.56 Å². The molecule has 176 valence electrons. The van der Waals surface area contributed by atoms with Crippen LogP contribution in [0, 0.1) is 44.1 Å². The van der Waals surface area contributed by atoms with Gasteiger partial charge in [0.2, 0.25) is 0 Å². The number of pyridine rings is 1. The Morgan fingerprint density at radius 3 is 2.82 bits per heavy atom. The number of fused-ring (bicyclic) bond motifs is 1. The Morgan fingerprint density at radius 1 is 1.32 bits per heavy atom. The molecule has 0 saturated carbocycles. The van der Waals surface area contributed by atoms with Gasteiger partial charge < -0.3 is 17.0 Å². The first-order valence-electron chi connectivity index (χ1n) is 10.4. The Bertz CT molecular complexity index is 1180. The predicted octanol–water partition coefficient (Wildman–Crippen LogP) is 4.15. The van der Waals surface area contributed by atoms with Crippen LogP contribution < -0.4 is 10.2 Å². The van der Waals surface area contributed by atoms with Gasteiger partial charge in [0.05, 0.1) is 24.9 Å². The van der Waals surface area contributed by atoms with E-state index >= 15 is 0 Å². The molecule has 34 heavy (non-hydrogen) atoms. The Morgan fingerprint density at radius 2 is 2.12 bits per heavy atom. The number of alkyl halides is 3. The number of anilines is 2. The van der Waals surface area contributed by atoms with E-state index in [0.29, 0.717) is 53.5 Å². The predicted molar refractivity (Wildman–Crippen MR) is 117 cm³/mol. The normalized spacial score (nSPS) is 15.2. The van der Waals surface area contributed by atoms with Crippen molar-refractivity contribution in [2.75, 3.05) is 30.0 Å². The molecule has 0 radical (unpaired) electrons. The fraction of sp³-hybridized carbons (Fsp3) is 0.348. The quantitative estimate of drug-likeness (QED) is 0.391. The fourth-order valence-electron chi connectivity index (χ4n) is 3.40. The van der Waals surface area contributed by atoms with Crippen molar-refractivity contribution in [2.45, 2.75) is 32.0 Å². The zero-order chi connectivity index (χ0) is 23.6. The van der Waals surface area contributed by atoms with Gasteiger partial charge in [-0.05, 0) is 12.0 Å². The number of ether oxygens (including phenoxy) is 1. The molecule has 1 aliphatic heterocycles. The molecule has 1 unspecified atom stereocenters. The third kappa shape index (κ3) is 5.88. The van der Waals surface area contributed by atoms with Crippen molar-refractivity contribution in [2.24, 2.45) is 0 Å². The summed E-state index contributed by atoms with van der Waals surface area (Å²) in [6.45, 7) is 6.66. The second-order valence-corrected chi connectivity index (χ2v) is 7.72. The van der Waals surface area contributed by atoms with Crippen LogP contribution >= 0.6 is 0 Å². The van der Waals surface area contributed by atoms with Crippen molar-refractivity contribution in [1.29, 1.82) is 0 Å². The number of nitrogens with one attached hydrogen (secondary N) is 1. The SMILES string of the molecule is [CH2-]CC(C)c1nc(NCc2[c-]c(C(F)(F)F)ccc2)c2cc(N3CCOCC3=O)ncc2n1.[U+2]. The number of hydrogen-bond donors (Lipinski definition) is 1. The number of morpholine rings is 1. The number of rotatable bonds is 6. The Hall–Kier alpha value is -2.22. The molecule has 1 N–H and O–H groups in total. The molecule has 1 aromatic carbocycles. The van der Waals surface area contributed by atoms with Crippen LogP contribution in [0.15, 0.2) is 30.5 Å². The second kappa shape index (κ2) is 11.0. The van der Waals surface area contributed by atoms with E-state index < -0.39 is 11.7 Å². The summed E-state index contributed by atoms with van der Waals surface area (Å²) in [7, 11) is 0. The average Bonchev–Trinajstić information content (AvgIpc) is 2.81. The van der Waals surface area contributed by atoms with E-state index in [1.807, 2.05) is 6.92 Å². The molecule has 7 nitrogen and oxygen atoms in total. The molecule has 1 fully saturated rings. The Labute approximate surface area is 218 Å². The summed E-state index contributed by atoms with van der Waals surface area (Å²) in [5.41, 5.74) is 0.0549. The van der Waals surface area contributed by atoms with Crippen LogP contribution in [-0.2, 0) is 22.3 Å². The first kappa shape index (κ1) is 26.4. The van der Waals surface area contributed by atoms with Gasteiger partial charge >= 0.3 is 37.3 Å². The molecular weight excluding hydrogens is 673 g/mol. The molecule has 1 saturated heterocycles. The van der Waals surface area contributed by atoms with E-state index in [2.05, 4.69) is 33.3 Å². The maximum absolute atomic E-state index is 13.0. The minimum atomic E-state index is -4.47. The average molecular weight is 695 g/mol. The Kier molecular flexibility index (Phi) is 8.55. The summed E-state index contributed by atoms with van der Waals surface area (Å²) in [6, 6.07) is 7.99. The van der Waals surface area contributed by atoms with E-state index in [0.717, 1.165) is 6.07 Å². The molecule has 11 heteroatoms. The smallest absolute Gasteiger partial charge is 0.370 e. The molecule has 1 atom stereocenters. The number of hydrogen-bond acceptors (Lipinski definition) is 6. The van der Waals surface area contributed by atoms with Gasteiger partial charge in [-0.25, -0.2) is 15.0 Å².